The minimum Gasteiger partial charge on any atom is -0.382 e. The van der Waals surface area contributed by atoms with Gasteiger partial charge >= 0.3 is 0 Å². The van der Waals surface area contributed by atoms with Crippen molar-refractivity contribution in [2.24, 2.45) is 4.99 Å². The highest BCUT2D eigenvalue weighted by atomic mass is 35.5. The molecule has 1 saturated heterocycles. The van der Waals surface area contributed by atoms with Gasteiger partial charge in [0.15, 0.2) is 0 Å². The fourth-order valence-corrected chi connectivity index (χ4v) is 4.75. The predicted octanol–water partition coefficient (Wildman–Crippen LogP) is 5.22. The topological polar surface area (TPSA) is 40.1 Å². The Kier molecular flexibility index (Phi) is 8.94. The minimum absolute atomic E-state index is 0. The number of halogens is 3. The van der Waals surface area contributed by atoms with Crippen molar-refractivity contribution in [2.45, 2.75) is 26.3 Å². The largest absolute Gasteiger partial charge is 0.382 e. The quantitative estimate of drug-likeness (QED) is 0.616. The number of hydrogen-bond acceptors (Lipinski definition) is 6. The summed E-state index contributed by atoms with van der Waals surface area (Å²) in [6, 6.07) is 7.35. The van der Waals surface area contributed by atoms with E-state index in [-0.39, 0.29) is 30.6 Å². The van der Waals surface area contributed by atoms with Gasteiger partial charge in [-0.2, -0.15) is 0 Å². The first kappa shape index (κ1) is 24.9. The number of anilines is 2. The number of hydrogen-bond donors (Lipinski definition) is 1. The molecule has 4 rings (SSSR count). The zero-order valence-corrected chi connectivity index (χ0v) is 19.9. The van der Waals surface area contributed by atoms with Crippen LogP contribution in [-0.4, -0.2) is 61.6 Å². The molecule has 1 N–H and O–H groups in total. The Hall–Kier alpha value is -1.38. The smallest absolute Gasteiger partial charge is 0.139 e. The summed E-state index contributed by atoms with van der Waals surface area (Å²) in [5.74, 6) is 0.670. The first-order valence-corrected chi connectivity index (χ1v) is 10.7. The molecule has 1 fully saturated rings. The van der Waals surface area contributed by atoms with Gasteiger partial charge in [0.25, 0.3) is 0 Å². The summed E-state index contributed by atoms with van der Waals surface area (Å²) >= 11 is 1.71. The third-order valence-electron chi connectivity index (χ3n) is 5.41. The maximum Gasteiger partial charge on any atom is 0.139 e. The number of nitrogens with zero attached hydrogens (tertiary/aromatic N) is 3. The summed E-state index contributed by atoms with van der Waals surface area (Å²) in [6.45, 7) is 8.42. The van der Waals surface area contributed by atoms with Gasteiger partial charge in [-0.1, -0.05) is 0 Å². The van der Waals surface area contributed by atoms with E-state index in [0.29, 0.717) is 11.7 Å². The molecule has 1 aromatic carbocycles. The third kappa shape index (κ3) is 5.26. The van der Waals surface area contributed by atoms with Gasteiger partial charge in [-0.3, -0.25) is 4.90 Å². The van der Waals surface area contributed by atoms with Gasteiger partial charge < -0.3 is 15.0 Å². The zero-order valence-electron chi connectivity index (χ0n) is 17.5. The first-order chi connectivity index (χ1) is 13.5. The van der Waals surface area contributed by atoms with Crippen LogP contribution in [0.3, 0.4) is 0 Å². The minimum atomic E-state index is -0.266. The SMILES string of the molecule is CCOCCC1CN(C2=Nc3cc(F)ccc3Nc3sc(C)cc32)CCN1C.Cl.Cl. The molecule has 3 heterocycles. The second-order valence-corrected chi connectivity index (χ2v) is 8.64. The lowest BCUT2D eigenvalue weighted by atomic mass is 10.1. The number of aliphatic imine (C=N–C) groups is 1. The van der Waals surface area contributed by atoms with E-state index < -0.39 is 0 Å². The molecule has 0 aliphatic carbocycles. The lowest BCUT2D eigenvalue weighted by Gasteiger charge is -2.41. The van der Waals surface area contributed by atoms with E-state index in [4.69, 9.17) is 9.73 Å². The van der Waals surface area contributed by atoms with E-state index in [9.17, 15) is 4.39 Å². The van der Waals surface area contributed by atoms with Crippen molar-refractivity contribution in [1.29, 1.82) is 0 Å². The van der Waals surface area contributed by atoms with Crippen molar-refractivity contribution in [3.63, 3.8) is 0 Å². The summed E-state index contributed by atoms with van der Waals surface area (Å²) < 4.78 is 19.5. The van der Waals surface area contributed by atoms with Gasteiger partial charge in [-0.25, -0.2) is 9.38 Å². The Morgan fingerprint density at radius 2 is 2.07 bits per heavy atom. The summed E-state index contributed by atoms with van der Waals surface area (Å²) in [5.41, 5.74) is 2.61. The molecule has 2 aliphatic heterocycles. The molecular formula is C21H29Cl2FN4OS. The maximum atomic E-state index is 13.9. The van der Waals surface area contributed by atoms with Crippen molar-refractivity contribution >= 4 is 58.4 Å². The second-order valence-electron chi connectivity index (χ2n) is 7.39. The molecule has 1 unspecified atom stereocenters. The molecule has 5 nitrogen and oxygen atoms in total. The van der Waals surface area contributed by atoms with Gasteiger partial charge in [-0.15, -0.1) is 36.2 Å². The number of benzene rings is 1. The van der Waals surface area contributed by atoms with Crippen molar-refractivity contribution in [1.82, 2.24) is 9.80 Å². The number of aryl methyl sites for hydroxylation is 1. The molecule has 0 amide bonds. The van der Waals surface area contributed by atoms with Gasteiger partial charge in [0.05, 0.1) is 16.9 Å². The van der Waals surface area contributed by atoms with Gasteiger partial charge in [0, 0.05) is 49.8 Å². The molecule has 1 atom stereocenters. The van der Waals surface area contributed by atoms with E-state index in [1.165, 1.54) is 17.0 Å². The standard InChI is InChI=1S/C21H27FN4OS.2ClH/c1-4-27-10-7-16-13-26(9-8-25(16)3)20-17-11-14(2)28-21(17)24-18-6-5-15(22)12-19(18)23-20;;/h5-6,11-12,16,24H,4,7-10,13H2,1-3H3;2*1H. The first-order valence-electron chi connectivity index (χ1n) is 9.84. The average molecular weight is 475 g/mol. The van der Waals surface area contributed by atoms with Crippen LogP contribution in [0.5, 0.6) is 0 Å². The number of nitrogens with one attached hydrogen (secondary N) is 1. The molecule has 2 aliphatic rings. The molecule has 30 heavy (non-hydrogen) atoms. The van der Waals surface area contributed by atoms with Crippen molar-refractivity contribution in [3.8, 4) is 0 Å². The van der Waals surface area contributed by atoms with Crippen LogP contribution in [0.25, 0.3) is 0 Å². The van der Waals surface area contributed by atoms with Gasteiger partial charge in [-0.05, 0) is 45.5 Å². The average Bonchev–Trinajstić information content (AvgIpc) is 2.96. The third-order valence-corrected chi connectivity index (χ3v) is 6.37. The van der Waals surface area contributed by atoms with Crippen molar-refractivity contribution < 1.29 is 9.13 Å². The van der Waals surface area contributed by atoms with Crippen LogP contribution < -0.4 is 5.32 Å². The van der Waals surface area contributed by atoms with E-state index in [2.05, 4.69) is 35.2 Å². The predicted molar refractivity (Wildman–Crippen MR) is 129 cm³/mol. The van der Waals surface area contributed by atoms with Crippen LogP contribution in [0.4, 0.5) is 20.8 Å². The molecule has 0 radical (unpaired) electrons. The van der Waals surface area contributed by atoms with Crippen LogP contribution in [0.1, 0.15) is 23.8 Å². The molecular weight excluding hydrogens is 446 g/mol. The Bertz CT molecular complexity index is 892. The Labute approximate surface area is 194 Å². The molecule has 9 heteroatoms. The van der Waals surface area contributed by atoms with Crippen LogP contribution in [0, 0.1) is 12.7 Å². The van der Waals surface area contributed by atoms with Crippen molar-refractivity contribution in [2.75, 3.05) is 45.2 Å². The van der Waals surface area contributed by atoms with Gasteiger partial charge in [0.1, 0.15) is 16.7 Å². The second kappa shape index (κ2) is 10.8. The van der Waals surface area contributed by atoms with E-state index >= 15 is 0 Å². The summed E-state index contributed by atoms with van der Waals surface area (Å²) in [5, 5.41) is 4.54. The fraction of sp³-hybridized carbons (Fsp3) is 0.476. The molecule has 0 bridgehead atoms. The Morgan fingerprint density at radius 1 is 1.27 bits per heavy atom. The van der Waals surface area contributed by atoms with E-state index in [1.807, 2.05) is 6.92 Å². The molecule has 0 spiro atoms. The normalized spacial score (nSPS) is 18.2. The lowest BCUT2D eigenvalue weighted by molar-refractivity contribution is 0.0843. The Balaban J connectivity index is 0.00000160. The number of ether oxygens (including phenoxy) is 1. The molecule has 1 aromatic heterocycles. The number of fused-ring (bicyclic) bond motifs is 2. The Morgan fingerprint density at radius 3 is 2.83 bits per heavy atom. The van der Waals surface area contributed by atoms with Crippen LogP contribution in [-0.2, 0) is 4.74 Å². The number of rotatable bonds is 4. The van der Waals surface area contributed by atoms with Gasteiger partial charge in [0.2, 0.25) is 0 Å². The number of amidine groups is 1. The summed E-state index contributed by atoms with van der Waals surface area (Å²) in [6.07, 6.45) is 0.993. The highest BCUT2D eigenvalue weighted by Gasteiger charge is 2.30. The number of likely N-dealkylation sites (N-methyl/N-ethyl adjacent to an activating group) is 1. The monoisotopic (exact) mass is 474 g/mol. The van der Waals surface area contributed by atoms with Crippen LogP contribution >= 0.6 is 36.2 Å². The van der Waals surface area contributed by atoms with Crippen molar-refractivity contribution in [3.05, 3.63) is 40.5 Å². The highest BCUT2D eigenvalue weighted by Crippen LogP contribution is 2.39. The van der Waals surface area contributed by atoms with E-state index in [0.717, 1.165) is 61.4 Å². The fourth-order valence-electron chi connectivity index (χ4n) is 3.83. The lowest BCUT2D eigenvalue weighted by Crippen LogP contribution is -2.53. The van der Waals surface area contributed by atoms with E-state index in [1.54, 1.807) is 17.4 Å². The molecule has 166 valence electrons. The van der Waals surface area contributed by atoms with Crippen LogP contribution in [0.2, 0.25) is 0 Å². The molecule has 2 aromatic rings. The molecule has 0 saturated carbocycles. The highest BCUT2D eigenvalue weighted by molar-refractivity contribution is 7.16. The summed E-state index contributed by atoms with van der Waals surface area (Å²) in [7, 11) is 2.18. The number of thiophene rings is 1. The zero-order chi connectivity index (χ0) is 19.7. The van der Waals surface area contributed by atoms with Crippen LogP contribution in [0.15, 0.2) is 29.3 Å². The summed E-state index contributed by atoms with van der Waals surface area (Å²) in [4.78, 5) is 10.9. The number of piperazine rings is 1. The maximum absolute atomic E-state index is 13.9.